The lowest BCUT2D eigenvalue weighted by Crippen LogP contribution is -2.24. The van der Waals surface area contributed by atoms with Crippen molar-refractivity contribution in [3.63, 3.8) is 0 Å². The Bertz CT molecular complexity index is 324. The van der Waals surface area contributed by atoms with Gasteiger partial charge in [-0.3, -0.25) is 4.79 Å². The molecule has 0 aromatic carbocycles. The lowest BCUT2D eigenvalue weighted by molar-refractivity contribution is -0.142. The first-order chi connectivity index (χ1) is 11.8. The zero-order valence-electron chi connectivity index (χ0n) is 17.9. The Balaban J connectivity index is 3.56. The van der Waals surface area contributed by atoms with E-state index in [0.717, 1.165) is 13.0 Å². The smallest absolute Gasteiger partial charge is 0.305 e. The molecule has 0 fully saturated rings. The van der Waals surface area contributed by atoms with Crippen molar-refractivity contribution in [2.24, 2.45) is 11.3 Å². The Morgan fingerprint density at radius 2 is 1.36 bits per heavy atom. The summed E-state index contributed by atoms with van der Waals surface area (Å²) in [7, 11) is 0.681. The van der Waals surface area contributed by atoms with Gasteiger partial charge in [0.05, 0.1) is 7.11 Å². The fraction of sp³-hybridized carbons (Fsp3) is 0.952. The van der Waals surface area contributed by atoms with Crippen molar-refractivity contribution in [3.8, 4) is 0 Å². The minimum Gasteiger partial charge on any atom is -0.469 e. The number of hydrogen-bond acceptors (Lipinski definition) is 3. The van der Waals surface area contributed by atoms with Gasteiger partial charge < -0.3 is 9.16 Å². The standard InChI is InChI=1S/C21H44O3Si/c1-21(2,3)19(18-20(22)23-4)16-14-12-10-8-7-9-11-13-15-17-24-25(5)6/h19,25H,7-18H2,1-6H3/t19-/m1/s1. The minimum atomic E-state index is -0.806. The summed E-state index contributed by atoms with van der Waals surface area (Å²) in [6.45, 7) is 12.1. The van der Waals surface area contributed by atoms with Crippen LogP contribution in [0.4, 0.5) is 0 Å². The molecule has 0 aliphatic rings. The number of unbranched alkanes of at least 4 members (excludes halogenated alkanes) is 8. The van der Waals surface area contributed by atoms with Gasteiger partial charge in [0.1, 0.15) is 0 Å². The van der Waals surface area contributed by atoms with Crippen molar-refractivity contribution in [2.45, 2.75) is 104 Å². The molecule has 0 radical (unpaired) electrons. The van der Waals surface area contributed by atoms with Gasteiger partial charge in [0.15, 0.2) is 9.04 Å². The minimum absolute atomic E-state index is 0.0685. The highest BCUT2D eigenvalue weighted by atomic mass is 28.3. The number of carbonyl (C=O) groups is 1. The highest BCUT2D eigenvalue weighted by molar-refractivity contribution is 6.48. The van der Waals surface area contributed by atoms with E-state index in [1.807, 2.05) is 0 Å². The van der Waals surface area contributed by atoms with Crippen LogP contribution in [0.25, 0.3) is 0 Å². The number of esters is 1. The summed E-state index contributed by atoms with van der Waals surface area (Å²) in [5.41, 5.74) is 0.177. The van der Waals surface area contributed by atoms with Crippen LogP contribution in [0.1, 0.15) is 91.4 Å². The SMILES string of the molecule is COC(=O)C[C@@H](CCCCCCCCCCCO[SiH](C)C)C(C)(C)C. The van der Waals surface area contributed by atoms with Gasteiger partial charge in [-0.05, 0) is 37.3 Å². The monoisotopic (exact) mass is 372 g/mol. The van der Waals surface area contributed by atoms with Crippen LogP contribution >= 0.6 is 0 Å². The van der Waals surface area contributed by atoms with Crippen molar-refractivity contribution in [3.05, 3.63) is 0 Å². The van der Waals surface area contributed by atoms with Gasteiger partial charge in [0.2, 0.25) is 0 Å². The van der Waals surface area contributed by atoms with E-state index in [-0.39, 0.29) is 11.4 Å². The average Bonchev–Trinajstić information content (AvgIpc) is 2.53. The fourth-order valence-corrected chi connectivity index (χ4v) is 3.81. The van der Waals surface area contributed by atoms with Crippen molar-refractivity contribution in [2.75, 3.05) is 13.7 Å². The molecule has 0 aromatic rings. The van der Waals surface area contributed by atoms with Crippen LogP contribution in [-0.4, -0.2) is 28.7 Å². The van der Waals surface area contributed by atoms with Crippen molar-refractivity contribution < 1.29 is 14.0 Å². The number of hydrogen-bond donors (Lipinski definition) is 0. The lowest BCUT2D eigenvalue weighted by atomic mass is 9.76. The van der Waals surface area contributed by atoms with E-state index in [4.69, 9.17) is 9.16 Å². The van der Waals surface area contributed by atoms with Gasteiger partial charge in [-0.25, -0.2) is 0 Å². The van der Waals surface area contributed by atoms with Crippen LogP contribution in [0.5, 0.6) is 0 Å². The second-order valence-electron chi connectivity index (χ2n) is 8.73. The molecule has 0 unspecified atom stereocenters. The van der Waals surface area contributed by atoms with E-state index >= 15 is 0 Å². The quantitative estimate of drug-likeness (QED) is 0.197. The van der Waals surface area contributed by atoms with Gasteiger partial charge >= 0.3 is 5.97 Å². The summed E-state index contributed by atoms with van der Waals surface area (Å²) < 4.78 is 10.5. The number of methoxy groups -OCH3 is 1. The number of carbonyl (C=O) groups excluding carboxylic acids is 1. The maximum absolute atomic E-state index is 11.6. The molecule has 0 rings (SSSR count). The summed E-state index contributed by atoms with van der Waals surface area (Å²) in [4.78, 5) is 11.6. The normalized spacial score (nSPS) is 13.2. The van der Waals surface area contributed by atoms with Gasteiger partial charge in [0.25, 0.3) is 0 Å². The molecule has 25 heavy (non-hydrogen) atoms. The van der Waals surface area contributed by atoms with E-state index < -0.39 is 9.04 Å². The lowest BCUT2D eigenvalue weighted by Gasteiger charge is -2.30. The molecule has 0 heterocycles. The highest BCUT2D eigenvalue weighted by Crippen LogP contribution is 2.33. The van der Waals surface area contributed by atoms with E-state index in [2.05, 4.69) is 33.9 Å². The van der Waals surface area contributed by atoms with E-state index in [1.165, 1.54) is 64.9 Å². The molecule has 0 amide bonds. The Kier molecular flexibility index (Phi) is 14.6. The van der Waals surface area contributed by atoms with Crippen LogP contribution in [0.3, 0.4) is 0 Å². The van der Waals surface area contributed by atoms with Crippen LogP contribution in [-0.2, 0) is 14.0 Å². The van der Waals surface area contributed by atoms with Crippen LogP contribution < -0.4 is 0 Å². The summed E-state index contributed by atoms with van der Waals surface area (Å²) in [5, 5.41) is 0. The van der Waals surface area contributed by atoms with Crippen LogP contribution in [0.15, 0.2) is 0 Å². The first-order valence-corrected chi connectivity index (χ1v) is 13.2. The van der Waals surface area contributed by atoms with Gasteiger partial charge in [-0.15, -0.1) is 0 Å². The molecular weight excluding hydrogens is 328 g/mol. The maximum atomic E-state index is 11.6. The molecule has 0 aliphatic heterocycles. The third-order valence-corrected chi connectivity index (χ3v) is 5.92. The summed E-state index contributed by atoms with van der Waals surface area (Å²) in [5.74, 6) is 0.358. The molecule has 150 valence electrons. The average molecular weight is 373 g/mol. The molecule has 0 spiro atoms. The maximum Gasteiger partial charge on any atom is 0.305 e. The summed E-state index contributed by atoms with van der Waals surface area (Å²) >= 11 is 0. The Labute approximate surface area is 159 Å². The highest BCUT2D eigenvalue weighted by Gasteiger charge is 2.26. The predicted molar refractivity (Wildman–Crippen MR) is 111 cm³/mol. The molecule has 3 nitrogen and oxygen atoms in total. The zero-order chi connectivity index (χ0) is 19.1. The number of rotatable bonds is 15. The molecule has 0 saturated heterocycles. The second-order valence-corrected chi connectivity index (χ2v) is 11.2. The van der Waals surface area contributed by atoms with Gasteiger partial charge in [-0.2, -0.15) is 0 Å². The van der Waals surface area contributed by atoms with Crippen molar-refractivity contribution in [1.82, 2.24) is 0 Å². The van der Waals surface area contributed by atoms with E-state index in [9.17, 15) is 4.79 Å². The Morgan fingerprint density at radius 3 is 1.80 bits per heavy atom. The van der Waals surface area contributed by atoms with Gasteiger partial charge in [-0.1, -0.05) is 72.1 Å². The fourth-order valence-electron chi connectivity index (χ4n) is 3.18. The van der Waals surface area contributed by atoms with E-state index in [1.54, 1.807) is 0 Å². The third-order valence-electron chi connectivity index (χ3n) is 5.01. The first kappa shape index (κ1) is 24.6. The first-order valence-electron chi connectivity index (χ1n) is 10.5. The molecule has 0 aliphatic carbocycles. The van der Waals surface area contributed by atoms with Crippen molar-refractivity contribution in [1.29, 1.82) is 0 Å². The molecule has 1 atom stereocenters. The summed E-state index contributed by atoms with van der Waals surface area (Å²) in [6, 6.07) is 0. The molecule has 0 aromatic heterocycles. The largest absolute Gasteiger partial charge is 0.469 e. The van der Waals surface area contributed by atoms with Crippen LogP contribution in [0.2, 0.25) is 13.1 Å². The molecular formula is C21H44O3Si. The van der Waals surface area contributed by atoms with Gasteiger partial charge in [0, 0.05) is 13.0 Å². The Morgan fingerprint density at radius 1 is 0.880 bits per heavy atom. The zero-order valence-corrected chi connectivity index (χ0v) is 19.0. The molecule has 0 N–H and O–H groups in total. The van der Waals surface area contributed by atoms with Crippen molar-refractivity contribution >= 4 is 15.0 Å². The Hall–Kier alpha value is -0.353. The molecule has 0 bridgehead atoms. The second kappa shape index (κ2) is 14.8. The summed E-state index contributed by atoms with van der Waals surface area (Å²) in [6.07, 6.45) is 13.5. The third kappa shape index (κ3) is 15.6. The topological polar surface area (TPSA) is 35.5 Å². The predicted octanol–water partition coefficient (Wildman–Crippen LogP) is 6.11. The number of ether oxygens (including phenoxy) is 1. The van der Waals surface area contributed by atoms with E-state index in [0.29, 0.717) is 12.3 Å². The molecule has 4 heteroatoms. The molecule has 0 saturated carbocycles. The van der Waals surface area contributed by atoms with Crippen LogP contribution in [0, 0.1) is 11.3 Å².